The van der Waals surface area contributed by atoms with Crippen LogP contribution in [0.3, 0.4) is 0 Å². The molecule has 3 heterocycles. The number of thioether (sulfide) groups is 1. The number of nitrogens with one attached hydrogen (secondary N) is 3. The third-order valence-corrected chi connectivity index (χ3v) is 7.76. The molecule has 0 aliphatic carbocycles. The van der Waals surface area contributed by atoms with Crippen molar-refractivity contribution in [1.82, 2.24) is 30.9 Å². The molecule has 3 rings (SSSR count). The minimum atomic E-state index is 0.00128. The van der Waals surface area contributed by atoms with Crippen LogP contribution in [-0.2, 0) is 31.0 Å². The van der Waals surface area contributed by atoms with Gasteiger partial charge >= 0.3 is 0 Å². The zero-order valence-electron chi connectivity index (χ0n) is 22.1. The van der Waals surface area contributed by atoms with Gasteiger partial charge in [0.1, 0.15) is 0 Å². The Balaban J connectivity index is 1.05. The molecule has 3 N–H and O–H groups in total. The topological polar surface area (TPSA) is 112 Å². The molecule has 2 unspecified atom stereocenters. The summed E-state index contributed by atoms with van der Waals surface area (Å²) in [5.41, 5.74) is 0.978. The van der Waals surface area contributed by atoms with Crippen LogP contribution >= 0.6 is 11.8 Å². The largest absolute Gasteiger partial charge is 0.377 e. The summed E-state index contributed by atoms with van der Waals surface area (Å²) in [4.78, 5) is 12.0. The standard InChI is InChI=1S/C25H44N6O4S/c1-19-27-20-18-36-21(24(20)28-19)7-5-6-8-23(32)26-9-11-33-13-15-35-16-14-34-12-10-31-17-22(29-30-31)25(2,3)4/h17,20-21,24,27-28H,1,5-16,18H2,2-4H3,(H,26,32)/t20?,21-,24?/m1/s1. The van der Waals surface area contributed by atoms with Crippen LogP contribution in [0.4, 0.5) is 0 Å². The third-order valence-electron chi connectivity index (χ3n) is 6.25. The first kappa shape index (κ1) is 28.7. The predicted molar refractivity (Wildman–Crippen MR) is 142 cm³/mol. The van der Waals surface area contributed by atoms with E-state index in [2.05, 4.69) is 53.6 Å². The normalized spacial score (nSPS) is 21.3. The van der Waals surface area contributed by atoms with E-state index in [0.717, 1.165) is 36.5 Å². The highest BCUT2D eigenvalue weighted by atomic mass is 32.2. The Hall–Kier alpha value is -1.82. The van der Waals surface area contributed by atoms with Crippen molar-refractivity contribution in [2.45, 2.75) is 75.7 Å². The van der Waals surface area contributed by atoms with E-state index in [-0.39, 0.29) is 11.3 Å². The van der Waals surface area contributed by atoms with Gasteiger partial charge in [-0.2, -0.15) is 11.8 Å². The van der Waals surface area contributed by atoms with Crippen molar-refractivity contribution >= 4 is 17.7 Å². The Morgan fingerprint density at radius 1 is 1.14 bits per heavy atom. The number of amides is 1. The number of aromatic nitrogens is 3. The van der Waals surface area contributed by atoms with Crippen molar-refractivity contribution in [1.29, 1.82) is 0 Å². The fourth-order valence-corrected chi connectivity index (χ4v) is 5.73. The molecule has 0 aromatic carbocycles. The molecular weight excluding hydrogens is 480 g/mol. The van der Waals surface area contributed by atoms with E-state index in [0.29, 0.717) is 76.5 Å². The van der Waals surface area contributed by atoms with Crippen molar-refractivity contribution in [2.24, 2.45) is 0 Å². The van der Waals surface area contributed by atoms with Crippen LogP contribution in [0.5, 0.6) is 0 Å². The summed E-state index contributed by atoms with van der Waals surface area (Å²) in [6.07, 6.45) is 5.66. The summed E-state index contributed by atoms with van der Waals surface area (Å²) in [5, 5.41) is 18.7. The summed E-state index contributed by atoms with van der Waals surface area (Å²) >= 11 is 2.02. The van der Waals surface area contributed by atoms with E-state index < -0.39 is 0 Å². The van der Waals surface area contributed by atoms with Gasteiger partial charge in [-0.25, -0.2) is 4.68 Å². The van der Waals surface area contributed by atoms with Gasteiger partial charge in [-0.1, -0.05) is 39.0 Å². The van der Waals surface area contributed by atoms with Crippen LogP contribution in [0.1, 0.15) is 52.1 Å². The quantitative estimate of drug-likeness (QED) is 0.263. The lowest BCUT2D eigenvalue weighted by atomic mass is 9.93. The maximum absolute atomic E-state index is 12.0. The van der Waals surface area contributed by atoms with Crippen molar-refractivity contribution in [2.75, 3.05) is 51.9 Å². The van der Waals surface area contributed by atoms with E-state index in [4.69, 9.17) is 14.2 Å². The summed E-state index contributed by atoms with van der Waals surface area (Å²) in [7, 11) is 0. The fourth-order valence-electron chi connectivity index (χ4n) is 4.18. The zero-order valence-corrected chi connectivity index (χ0v) is 22.9. The third kappa shape index (κ3) is 9.91. The van der Waals surface area contributed by atoms with Gasteiger partial charge in [0.2, 0.25) is 5.91 Å². The Bertz CT molecular complexity index is 815. The lowest BCUT2D eigenvalue weighted by molar-refractivity contribution is -0.121. The van der Waals surface area contributed by atoms with Gasteiger partial charge in [0.15, 0.2) is 0 Å². The van der Waals surface area contributed by atoms with E-state index in [1.165, 1.54) is 0 Å². The number of fused-ring (bicyclic) bond motifs is 1. The highest BCUT2D eigenvalue weighted by Crippen LogP contribution is 2.34. The summed E-state index contributed by atoms with van der Waals surface area (Å²) < 4.78 is 18.4. The number of ether oxygens (including phenoxy) is 3. The maximum Gasteiger partial charge on any atom is 0.220 e. The van der Waals surface area contributed by atoms with E-state index in [1.807, 2.05) is 18.0 Å². The van der Waals surface area contributed by atoms with Crippen molar-refractivity contribution < 1.29 is 19.0 Å². The van der Waals surface area contributed by atoms with Crippen LogP contribution in [0, 0.1) is 0 Å². The molecule has 1 amide bonds. The van der Waals surface area contributed by atoms with Crippen molar-refractivity contribution in [3.63, 3.8) is 0 Å². The van der Waals surface area contributed by atoms with E-state index in [1.54, 1.807) is 4.68 Å². The van der Waals surface area contributed by atoms with Gasteiger partial charge in [0, 0.05) is 35.6 Å². The molecule has 3 atom stereocenters. The summed E-state index contributed by atoms with van der Waals surface area (Å²) in [6.45, 7) is 14.6. The van der Waals surface area contributed by atoms with Crippen LogP contribution in [-0.4, -0.2) is 90.2 Å². The number of carbonyl (C=O) groups is 1. The number of rotatable bonds is 17. The number of carbonyl (C=O) groups excluding carboxylic acids is 1. The first-order valence-corrected chi connectivity index (χ1v) is 14.1. The van der Waals surface area contributed by atoms with Gasteiger partial charge in [-0.15, -0.1) is 5.10 Å². The lowest BCUT2D eigenvalue weighted by Gasteiger charge is -2.17. The van der Waals surface area contributed by atoms with E-state index >= 15 is 0 Å². The van der Waals surface area contributed by atoms with Crippen molar-refractivity contribution in [3.05, 3.63) is 24.3 Å². The lowest BCUT2D eigenvalue weighted by Crippen LogP contribution is -2.36. The van der Waals surface area contributed by atoms with Crippen molar-refractivity contribution in [3.8, 4) is 0 Å². The Morgan fingerprint density at radius 3 is 2.58 bits per heavy atom. The van der Waals surface area contributed by atoms with Gasteiger partial charge < -0.3 is 30.2 Å². The molecule has 2 aliphatic rings. The van der Waals surface area contributed by atoms with E-state index in [9.17, 15) is 4.79 Å². The molecule has 2 aliphatic heterocycles. The smallest absolute Gasteiger partial charge is 0.220 e. The molecule has 36 heavy (non-hydrogen) atoms. The molecule has 1 aromatic heterocycles. The average Bonchev–Trinajstić information content (AvgIpc) is 3.54. The van der Waals surface area contributed by atoms with Gasteiger partial charge in [0.05, 0.1) is 69.8 Å². The Kier molecular flexibility index (Phi) is 11.8. The second-order valence-corrected chi connectivity index (χ2v) is 11.6. The molecule has 2 saturated heterocycles. The van der Waals surface area contributed by atoms with Gasteiger partial charge in [-0.05, 0) is 12.8 Å². The molecule has 0 saturated carbocycles. The Morgan fingerprint density at radius 2 is 1.86 bits per heavy atom. The van der Waals surface area contributed by atoms with Crippen LogP contribution in [0.25, 0.3) is 0 Å². The van der Waals surface area contributed by atoms with Gasteiger partial charge in [-0.3, -0.25) is 4.79 Å². The summed E-state index contributed by atoms with van der Waals surface area (Å²) in [6, 6.07) is 0.991. The minimum Gasteiger partial charge on any atom is -0.377 e. The molecule has 204 valence electrons. The zero-order chi connectivity index (χ0) is 25.8. The first-order chi connectivity index (χ1) is 17.3. The highest BCUT2D eigenvalue weighted by Gasteiger charge is 2.40. The molecule has 10 nitrogen and oxygen atoms in total. The molecule has 11 heteroatoms. The van der Waals surface area contributed by atoms with Crippen LogP contribution in [0.2, 0.25) is 0 Å². The maximum atomic E-state index is 12.0. The molecule has 0 bridgehead atoms. The SMILES string of the molecule is C=C1NC2CS[C@H](CCCCC(=O)NCCOCCOCCOCCn3cc(C(C)(C)C)nn3)C2N1. The second-order valence-electron chi connectivity index (χ2n) is 10.3. The first-order valence-electron chi connectivity index (χ1n) is 13.1. The molecule has 0 radical (unpaired) electrons. The number of hydrogen-bond donors (Lipinski definition) is 3. The fraction of sp³-hybridized carbons (Fsp3) is 0.800. The summed E-state index contributed by atoms with van der Waals surface area (Å²) in [5.74, 6) is 2.17. The molecule has 1 aromatic rings. The highest BCUT2D eigenvalue weighted by molar-refractivity contribution is 8.00. The average molecular weight is 525 g/mol. The minimum absolute atomic E-state index is 0.00128. The molecule has 0 spiro atoms. The van der Waals surface area contributed by atoms with Crippen LogP contribution in [0.15, 0.2) is 18.6 Å². The molecule has 2 fully saturated rings. The number of unbranched alkanes of at least 4 members (excludes halogenated alkanes) is 1. The Labute approximate surface area is 219 Å². The van der Waals surface area contributed by atoms with Gasteiger partial charge in [0.25, 0.3) is 0 Å². The predicted octanol–water partition coefficient (Wildman–Crippen LogP) is 1.82. The monoisotopic (exact) mass is 524 g/mol. The number of nitrogens with zero attached hydrogens (tertiary/aromatic N) is 3. The van der Waals surface area contributed by atoms with Crippen LogP contribution < -0.4 is 16.0 Å². The second kappa shape index (κ2) is 14.8. The molecular formula is C25H44N6O4S. The number of hydrogen-bond acceptors (Lipinski definition) is 9.